The van der Waals surface area contributed by atoms with E-state index in [0.717, 1.165) is 42.7 Å². The van der Waals surface area contributed by atoms with Gasteiger partial charge in [-0.3, -0.25) is 4.79 Å². The van der Waals surface area contributed by atoms with Crippen molar-refractivity contribution in [2.24, 2.45) is 0 Å². The van der Waals surface area contributed by atoms with E-state index in [1.54, 1.807) is 6.92 Å². The first-order valence-corrected chi connectivity index (χ1v) is 8.87. The van der Waals surface area contributed by atoms with Crippen molar-refractivity contribution in [2.75, 3.05) is 0 Å². The molecule has 1 unspecified atom stereocenters. The lowest BCUT2D eigenvalue weighted by Gasteiger charge is -2.13. The minimum atomic E-state index is -0.236. The first kappa shape index (κ1) is 15.3. The van der Waals surface area contributed by atoms with Crippen molar-refractivity contribution in [3.8, 4) is 11.4 Å². The summed E-state index contributed by atoms with van der Waals surface area (Å²) in [5.41, 5.74) is 3.29. The second-order valence-corrected chi connectivity index (χ2v) is 6.95. The molecule has 7 heteroatoms. The maximum Gasteiger partial charge on any atom is 0.289 e. The lowest BCUT2D eigenvalue weighted by Crippen LogP contribution is -2.26. The molecule has 2 heterocycles. The highest BCUT2D eigenvalue weighted by molar-refractivity contribution is 5.91. The second kappa shape index (κ2) is 5.79. The number of hydrogen-bond donors (Lipinski definition) is 1. The Labute approximate surface area is 149 Å². The predicted molar refractivity (Wildman–Crippen MR) is 91.5 cm³/mol. The fourth-order valence-corrected chi connectivity index (χ4v) is 3.45. The Bertz CT molecular complexity index is 986. The van der Waals surface area contributed by atoms with E-state index in [1.807, 2.05) is 12.1 Å². The summed E-state index contributed by atoms with van der Waals surface area (Å²) in [6, 6.07) is 6.11. The number of amides is 1. The normalized spacial score (nSPS) is 18.7. The molecular formula is C19H18N4O3. The predicted octanol–water partition coefficient (Wildman–Crippen LogP) is 3.33. The van der Waals surface area contributed by atoms with Crippen LogP contribution < -0.4 is 5.32 Å². The van der Waals surface area contributed by atoms with Crippen LogP contribution in [0.25, 0.3) is 11.4 Å². The molecule has 1 N–H and O–H groups in total. The van der Waals surface area contributed by atoms with Crippen LogP contribution in [-0.4, -0.2) is 21.0 Å². The third kappa shape index (κ3) is 2.69. The number of aryl methyl sites for hydroxylation is 2. The second-order valence-electron chi connectivity index (χ2n) is 6.95. The standard InChI is InChI=1S/C19H18N4O3/c1-10-20-9-16(25-10)18(24)21-15-7-5-12-8-13(4-6-14(12)15)17-22-19(26-23-17)11-2-3-11/h4,6,8-9,11,15H,2-3,5,7H2,1H3,(H,21,24). The Hall–Kier alpha value is -2.96. The number of hydrogen-bond acceptors (Lipinski definition) is 6. The summed E-state index contributed by atoms with van der Waals surface area (Å²) in [7, 11) is 0. The van der Waals surface area contributed by atoms with E-state index in [9.17, 15) is 4.79 Å². The Morgan fingerprint density at radius 3 is 2.92 bits per heavy atom. The molecule has 1 saturated carbocycles. The van der Waals surface area contributed by atoms with Crippen molar-refractivity contribution in [1.82, 2.24) is 20.4 Å². The summed E-state index contributed by atoms with van der Waals surface area (Å²) in [5.74, 6) is 2.32. The van der Waals surface area contributed by atoms with Crippen molar-refractivity contribution < 1.29 is 13.7 Å². The number of nitrogens with one attached hydrogen (secondary N) is 1. The van der Waals surface area contributed by atoms with E-state index in [-0.39, 0.29) is 17.7 Å². The van der Waals surface area contributed by atoms with Crippen LogP contribution in [0.5, 0.6) is 0 Å². The fraction of sp³-hybridized carbons (Fsp3) is 0.368. The van der Waals surface area contributed by atoms with Crippen molar-refractivity contribution in [3.63, 3.8) is 0 Å². The Balaban J connectivity index is 1.35. The van der Waals surface area contributed by atoms with Crippen molar-refractivity contribution in [3.05, 3.63) is 53.1 Å². The highest BCUT2D eigenvalue weighted by atomic mass is 16.5. The molecule has 1 fully saturated rings. The van der Waals surface area contributed by atoms with Gasteiger partial charge < -0.3 is 14.3 Å². The van der Waals surface area contributed by atoms with Gasteiger partial charge in [-0.15, -0.1) is 0 Å². The summed E-state index contributed by atoms with van der Waals surface area (Å²) in [6.45, 7) is 1.72. The van der Waals surface area contributed by atoms with E-state index in [0.29, 0.717) is 17.6 Å². The SMILES string of the molecule is Cc1ncc(C(=O)NC2CCc3cc(-c4noc(C5CC5)n4)ccc32)o1. The van der Waals surface area contributed by atoms with Crippen LogP contribution in [0.4, 0.5) is 0 Å². The summed E-state index contributed by atoms with van der Waals surface area (Å²) in [6.07, 6.45) is 5.49. The van der Waals surface area contributed by atoms with Crippen LogP contribution in [0.1, 0.15) is 64.7 Å². The number of oxazole rings is 1. The Kier molecular flexibility index (Phi) is 3.41. The molecule has 0 aliphatic heterocycles. The van der Waals surface area contributed by atoms with E-state index < -0.39 is 0 Å². The minimum Gasteiger partial charge on any atom is -0.436 e. The average molecular weight is 350 g/mol. The topological polar surface area (TPSA) is 94.1 Å². The lowest BCUT2D eigenvalue weighted by molar-refractivity contribution is 0.0907. The van der Waals surface area contributed by atoms with E-state index in [1.165, 1.54) is 11.8 Å². The summed E-state index contributed by atoms with van der Waals surface area (Å²) in [5, 5.41) is 7.14. The van der Waals surface area contributed by atoms with Gasteiger partial charge in [0.2, 0.25) is 17.5 Å². The average Bonchev–Trinajstić information content (AvgIpc) is 3.06. The van der Waals surface area contributed by atoms with Crippen LogP contribution in [-0.2, 0) is 6.42 Å². The smallest absolute Gasteiger partial charge is 0.289 e. The third-order valence-corrected chi connectivity index (χ3v) is 5.00. The highest BCUT2D eigenvalue weighted by Gasteiger charge is 2.30. The van der Waals surface area contributed by atoms with Crippen molar-refractivity contribution in [2.45, 2.75) is 44.6 Å². The Morgan fingerprint density at radius 2 is 2.15 bits per heavy atom. The molecule has 1 aromatic carbocycles. The van der Waals surface area contributed by atoms with Crippen LogP contribution >= 0.6 is 0 Å². The quantitative estimate of drug-likeness (QED) is 0.776. The largest absolute Gasteiger partial charge is 0.436 e. The summed E-state index contributed by atoms with van der Waals surface area (Å²) >= 11 is 0. The molecule has 2 aliphatic carbocycles. The molecule has 0 bridgehead atoms. The number of nitrogens with zero attached hydrogens (tertiary/aromatic N) is 3. The number of benzene rings is 1. The molecule has 0 radical (unpaired) electrons. The third-order valence-electron chi connectivity index (χ3n) is 5.00. The van der Waals surface area contributed by atoms with Gasteiger partial charge in [-0.2, -0.15) is 4.98 Å². The first-order chi connectivity index (χ1) is 12.7. The highest BCUT2D eigenvalue weighted by Crippen LogP contribution is 2.40. The maximum atomic E-state index is 12.3. The summed E-state index contributed by atoms with van der Waals surface area (Å²) in [4.78, 5) is 20.8. The van der Waals surface area contributed by atoms with Crippen LogP contribution in [0.15, 0.2) is 33.3 Å². The minimum absolute atomic E-state index is 0.0238. The number of carbonyl (C=O) groups is 1. The maximum absolute atomic E-state index is 12.3. The molecule has 5 rings (SSSR count). The number of rotatable bonds is 4. The number of carbonyl (C=O) groups excluding carboxylic acids is 1. The van der Waals surface area contributed by atoms with Gasteiger partial charge in [-0.25, -0.2) is 4.98 Å². The van der Waals surface area contributed by atoms with Gasteiger partial charge in [0.25, 0.3) is 5.91 Å². The van der Waals surface area contributed by atoms with Crippen molar-refractivity contribution in [1.29, 1.82) is 0 Å². The van der Waals surface area contributed by atoms with Crippen molar-refractivity contribution >= 4 is 5.91 Å². The number of fused-ring (bicyclic) bond motifs is 1. The van der Waals surface area contributed by atoms with Gasteiger partial charge in [0, 0.05) is 18.4 Å². The lowest BCUT2D eigenvalue weighted by atomic mass is 10.0. The van der Waals surface area contributed by atoms with Gasteiger partial charge in [0.05, 0.1) is 12.2 Å². The van der Waals surface area contributed by atoms with Gasteiger partial charge in [-0.1, -0.05) is 17.3 Å². The van der Waals surface area contributed by atoms with E-state index >= 15 is 0 Å². The molecule has 1 atom stereocenters. The van der Waals surface area contributed by atoms with Crippen LogP contribution in [0.2, 0.25) is 0 Å². The molecule has 1 amide bonds. The van der Waals surface area contributed by atoms with Gasteiger partial charge in [0.1, 0.15) is 0 Å². The molecule has 2 aliphatic rings. The first-order valence-electron chi connectivity index (χ1n) is 8.87. The molecule has 0 saturated heterocycles. The molecule has 26 heavy (non-hydrogen) atoms. The molecule has 7 nitrogen and oxygen atoms in total. The van der Waals surface area contributed by atoms with E-state index in [2.05, 4.69) is 26.5 Å². The molecule has 3 aromatic rings. The Morgan fingerprint density at radius 1 is 1.27 bits per heavy atom. The van der Waals surface area contributed by atoms with Gasteiger partial charge in [0.15, 0.2) is 5.89 Å². The zero-order valence-corrected chi connectivity index (χ0v) is 14.4. The summed E-state index contributed by atoms with van der Waals surface area (Å²) < 4.78 is 10.6. The monoisotopic (exact) mass is 350 g/mol. The number of aromatic nitrogens is 3. The molecule has 132 valence electrons. The van der Waals surface area contributed by atoms with E-state index in [4.69, 9.17) is 8.94 Å². The zero-order valence-electron chi connectivity index (χ0n) is 14.4. The molecule has 2 aromatic heterocycles. The fourth-order valence-electron chi connectivity index (χ4n) is 3.45. The van der Waals surface area contributed by atoms with Gasteiger partial charge >= 0.3 is 0 Å². The van der Waals surface area contributed by atoms with Crippen LogP contribution in [0, 0.1) is 6.92 Å². The molecule has 0 spiro atoms. The van der Waals surface area contributed by atoms with Gasteiger partial charge in [-0.05, 0) is 42.9 Å². The zero-order chi connectivity index (χ0) is 17.7. The van der Waals surface area contributed by atoms with Crippen LogP contribution in [0.3, 0.4) is 0 Å². The molecular weight excluding hydrogens is 332 g/mol.